The molecule has 2 aromatic carbocycles. The minimum atomic E-state index is -0.175. The fraction of sp³-hybridized carbons (Fsp3) is 0.125. The van der Waals surface area contributed by atoms with Gasteiger partial charge in [0, 0.05) is 16.8 Å². The van der Waals surface area contributed by atoms with E-state index in [0.29, 0.717) is 6.54 Å². The third-order valence-electron chi connectivity index (χ3n) is 5.38. The maximum Gasteiger partial charge on any atom is 0.323 e. The summed E-state index contributed by atoms with van der Waals surface area (Å²) in [6.07, 6.45) is 2.07. The lowest BCUT2D eigenvalue weighted by Gasteiger charge is -2.30. The number of urea groups is 1. The number of nitrogens with zero attached hydrogens (tertiary/aromatic N) is 2. The van der Waals surface area contributed by atoms with Gasteiger partial charge in [0.15, 0.2) is 0 Å². The predicted molar refractivity (Wildman–Crippen MR) is 119 cm³/mol. The number of carbonyl (C=O) groups excluding carboxylic acids is 1. The first-order chi connectivity index (χ1) is 14.7. The summed E-state index contributed by atoms with van der Waals surface area (Å²) in [6, 6.07) is 23.6. The molecule has 3 heterocycles. The molecule has 4 aromatic rings. The second-order valence-electron chi connectivity index (χ2n) is 7.14. The van der Waals surface area contributed by atoms with Crippen LogP contribution in [0.25, 0.3) is 5.69 Å². The molecule has 1 N–H and O–H groups in total. The van der Waals surface area contributed by atoms with E-state index in [2.05, 4.69) is 45.7 Å². The molecule has 2 amide bonds. The van der Waals surface area contributed by atoms with E-state index in [1.807, 2.05) is 53.4 Å². The minimum absolute atomic E-state index is 0.136. The Morgan fingerprint density at radius 1 is 1.03 bits per heavy atom. The molecule has 0 aliphatic carbocycles. The quantitative estimate of drug-likeness (QED) is 0.468. The number of benzene rings is 2. The van der Waals surface area contributed by atoms with Crippen LogP contribution in [0.15, 0.2) is 84.4 Å². The van der Waals surface area contributed by atoms with Crippen molar-refractivity contribution in [2.45, 2.75) is 12.6 Å². The fourth-order valence-corrected chi connectivity index (χ4v) is 4.80. The highest BCUT2D eigenvalue weighted by molar-refractivity contribution is 7.10. The van der Waals surface area contributed by atoms with Crippen molar-refractivity contribution < 1.29 is 9.53 Å². The summed E-state index contributed by atoms with van der Waals surface area (Å²) in [7, 11) is 1.63. The highest BCUT2D eigenvalue weighted by Crippen LogP contribution is 2.38. The van der Waals surface area contributed by atoms with E-state index in [1.165, 1.54) is 0 Å². The number of ether oxygens (including phenoxy) is 1. The Kier molecular flexibility index (Phi) is 4.77. The number of amides is 2. The third kappa shape index (κ3) is 3.25. The Hall–Kier alpha value is -3.51. The Bertz CT molecular complexity index is 1170. The smallest absolute Gasteiger partial charge is 0.323 e. The van der Waals surface area contributed by atoms with Gasteiger partial charge in [-0.25, -0.2) is 4.79 Å². The lowest BCUT2D eigenvalue weighted by atomic mass is 10.1. The molecule has 0 radical (unpaired) electrons. The van der Waals surface area contributed by atoms with Gasteiger partial charge in [-0.3, -0.25) is 0 Å². The zero-order chi connectivity index (χ0) is 20.5. The van der Waals surface area contributed by atoms with Crippen molar-refractivity contribution in [3.63, 3.8) is 0 Å². The van der Waals surface area contributed by atoms with Crippen LogP contribution in [-0.2, 0) is 6.54 Å². The van der Waals surface area contributed by atoms with Crippen LogP contribution in [0.5, 0.6) is 5.75 Å². The number of para-hydroxylation sites is 1. The van der Waals surface area contributed by atoms with Crippen LogP contribution in [0, 0.1) is 0 Å². The van der Waals surface area contributed by atoms with Crippen molar-refractivity contribution >= 4 is 23.1 Å². The Labute approximate surface area is 179 Å². The maximum atomic E-state index is 13.5. The molecule has 5 nitrogen and oxygen atoms in total. The van der Waals surface area contributed by atoms with Crippen LogP contribution in [0.1, 0.15) is 22.2 Å². The van der Waals surface area contributed by atoms with Crippen LogP contribution in [0.4, 0.5) is 10.5 Å². The van der Waals surface area contributed by atoms with Crippen molar-refractivity contribution in [2.75, 3.05) is 12.4 Å². The monoisotopic (exact) mass is 415 g/mol. The van der Waals surface area contributed by atoms with Crippen LogP contribution in [-0.4, -0.2) is 22.6 Å². The first-order valence-corrected chi connectivity index (χ1v) is 10.6. The van der Waals surface area contributed by atoms with Crippen molar-refractivity contribution in [1.82, 2.24) is 9.47 Å². The van der Waals surface area contributed by atoms with Crippen LogP contribution in [0.3, 0.4) is 0 Å². The summed E-state index contributed by atoms with van der Waals surface area (Å²) in [5.74, 6) is 0.756. The minimum Gasteiger partial charge on any atom is -0.497 e. The molecule has 30 heavy (non-hydrogen) atoms. The van der Waals surface area contributed by atoms with E-state index >= 15 is 0 Å². The number of thiophene rings is 1. The standard InChI is InChI=1S/C24H21N3O2S/c1-29-19-12-10-18(11-13-19)25-24(28)27-16-17-6-2-3-7-20(17)26-14-4-8-21(26)23(27)22-9-5-15-30-22/h2-15,23H,16H2,1H3,(H,25,28)/t23-/m1/s1. The highest BCUT2D eigenvalue weighted by Gasteiger charge is 2.33. The van der Waals surface area contributed by atoms with E-state index in [0.717, 1.165) is 33.3 Å². The topological polar surface area (TPSA) is 46.5 Å². The number of aromatic nitrogens is 1. The van der Waals surface area contributed by atoms with E-state index < -0.39 is 0 Å². The van der Waals surface area contributed by atoms with Crippen molar-refractivity contribution in [1.29, 1.82) is 0 Å². The number of methoxy groups -OCH3 is 1. The zero-order valence-electron chi connectivity index (χ0n) is 16.5. The summed E-state index contributed by atoms with van der Waals surface area (Å²) in [6.45, 7) is 0.516. The Balaban J connectivity index is 1.57. The van der Waals surface area contributed by atoms with E-state index in [9.17, 15) is 4.79 Å². The average Bonchev–Trinajstić information content (AvgIpc) is 3.45. The van der Waals surface area contributed by atoms with Gasteiger partial charge >= 0.3 is 6.03 Å². The van der Waals surface area contributed by atoms with Crippen LogP contribution < -0.4 is 10.1 Å². The molecule has 1 atom stereocenters. The molecule has 2 aromatic heterocycles. The molecule has 5 rings (SSSR count). The van der Waals surface area contributed by atoms with Gasteiger partial charge in [-0.15, -0.1) is 11.3 Å². The molecule has 150 valence electrons. The number of hydrogen-bond donors (Lipinski definition) is 1. The number of nitrogens with one attached hydrogen (secondary N) is 1. The fourth-order valence-electron chi connectivity index (χ4n) is 3.96. The summed E-state index contributed by atoms with van der Waals surface area (Å²) >= 11 is 1.67. The third-order valence-corrected chi connectivity index (χ3v) is 6.30. The summed E-state index contributed by atoms with van der Waals surface area (Å²) < 4.78 is 7.41. The van der Waals surface area contributed by atoms with Gasteiger partial charge in [0.05, 0.1) is 25.0 Å². The van der Waals surface area contributed by atoms with E-state index in [-0.39, 0.29) is 12.1 Å². The van der Waals surface area contributed by atoms with Gasteiger partial charge in [0.25, 0.3) is 0 Å². The molecule has 1 aliphatic rings. The predicted octanol–water partition coefficient (Wildman–Crippen LogP) is 5.68. The van der Waals surface area contributed by atoms with Crippen molar-refractivity contribution in [3.05, 3.63) is 101 Å². The lowest BCUT2D eigenvalue weighted by molar-refractivity contribution is 0.195. The second-order valence-corrected chi connectivity index (χ2v) is 8.12. The molecule has 0 saturated heterocycles. The number of fused-ring (bicyclic) bond motifs is 3. The van der Waals surface area contributed by atoms with E-state index in [1.54, 1.807) is 18.4 Å². The highest BCUT2D eigenvalue weighted by atomic mass is 32.1. The summed E-state index contributed by atoms with van der Waals surface area (Å²) in [4.78, 5) is 16.5. The van der Waals surface area contributed by atoms with Gasteiger partial charge in [-0.2, -0.15) is 0 Å². The summed E-state index contributed by atoms with van der Waals surface area (Å²) in [5, 5.41) is 5.12. The first kappa shape index (κ1) is 18.5. The number of anilines is 1. The molecular formula is C24H21N3O2S. The number of rotatable bonds is 3. The Morgan fingerprint density at radius 3 is 2.63 bits per heavy atom. The van der Waals surface area contributed by atoms with Gasteiger partial charge < -0.3 is 19.5 Å². The number of hydrogen-bond acceptors (Lipinski definition) is 3. The average molecular weight is 416 g/mol. The van der Waals surface area contributed by atoms with Gasteiger partial charge in [-0.05, 0) is 59.5 Å². The normalized spacial score (nSPS) is 15.1. The molecule has 0 fully saturated rings. The van der Waals surface area contributed by atoms with Crippen LogP contribution >= 0.6 is 11.3 Å². The molecule has 0 unspecified atom stereocenters. The largest absolute Gasteiger partial charge is 0.497 e. The second kappa shape index (κ2) is 7.72. The van der Waals surface area contributed by atoms with Crippen LogP contribution in [0.2, 0.25) is 0 Å². The number of carbonyl (C=O) groups is 1. The first-order valence-electron chi connectivity index (χ1n) is 9.75. The molecule has 0 saturated carbocycles. The SMILES string of the molecule is COc1ccc(NC(=O)N2Cc3ccccc3-n3cccc3[C@@H]2c2cccs2)cc1. The molecule has 0 bridgehead atoms. The molecule has 1 aliphatic heterocycles. The molecular weight excluding hydrogens is 394 g/mol. The molecule has 0 spiro atoms. The van der Waals surface area contributed by atoms with E-state index in [4.69, 9.17) is 4.74 Å². The van der Waals surface area contributed by atoms with Gasteiger partial charge in [0.1, 0.15) is 11.8 Å². The zero-order valence-corrected chi connectivity index (χ0v) is 17.3. The maximum absolute atomic E-state index is 13.5. The lowest BCUT2D eigenvalue weighted by Crippen LogP contribution is -2.37. The van der Waals surface area contributed by atoms with Crippen molar-refractivity contribution in [3.8, 4) is 11.4 Å². The Morgan fingerprint density at radius 2 is 1.87 bits per heavy atom. The summed E-state index contributed by atoms with van der Waals surface area (Å²) in [5.41, 5.74) is 4.03. The van der Waals surface area contributed by atoms with Crippen molar-refractivity contribution in [2.24, 2.45) is 0 Å². The van der Waals surface area contributed by atoms with Gasteiger partial charge in [-0.1, -0.05) is 24.3 Å². The van der Waals surface area contributed by atoms with Gasteiger partial charge in [0.2, 0.25) is 0 Å². The molecule has 6 heteroatoms.